The van der Waals surface area contributed by atoms with Crippen molar-refractivity contribution in [1.29, 1.82) is 0 Å². The third-order valence-electron chi connectivity index (χ3n) is 6.64. The molecule has 172 valence electrons. The van der Waals surface area contributed by atoms with Gasteiger partial charge in [-0.2, -0.15) is 0 Å². The monoisotopic (exact) mass is 447 g/mol. The SMILES string of the molecule is CCCC(=O)Oc1ccc2c(c1OC(=O)CCCN=[N+]=[N-])-c1cccc3c1[C@@H](C2)C(C)CC3. The average Bonchev–Trinajstić information content (AvgIpc) is 2.80. The number of ether oxygens (including phenoxy) is 2. The first-order valence-electron chi connectivity index (χ1n) is 11.7. The standard InChI is InChI=1S/C26H29N3O4/c1-3-6-22(30)32-21-13-12-18-15-20-16(2)10-11-17-7-4-8-19(24(17)20)25(18)26(21)33-23(31)9-5-14-28-29-27/h4,7-8,12-13,16,20H,3,5-6,9-11,14-15H2,1-2H3/t16?,20-/m0/s1. The van der Waals surface area contributed by atoms with E-state index in [1.165, 1.54) is 11.1 Å². The number of benzene rings is 2. The van der Waals surface area contributed by atoms with Crippen LogP contribution in [0.4, 0.5) is 0 Å². The van der Waals surface area contributed by atoms with Crippen LogP contribution in [0.5, 0.6) is 11.5 Å². The molecule has 7 heteroatoms. The van der Waals surface area contributed by atoms with Gasteiger partial charge in [-0.15, -0.1) is 0 Å². The van der Waals surface area contributed by atoms with E-state index in [1.54, 1.807) is 6.07 Å². The maximum Gasteiger partial charge on any atom is 0.311 e. The van der Waals surface area contributed by atoms with Crippen molar-refractivity contribution in [3.05, 3.63) is 57.5 Å². The van der Waals surface area contributed by atoms with E-state index in [0.29, 0.717) is 30.4 Å². The molecule has 0 saturated carbocycles. The van der Waals surface area contributed by atoms with Crippen LogP contribution < -0.4 is 9.47 Å². The summed E-state index contributed by atoms with van der Waals surface area (Å²) >= 11 is 0. The Kier molecular flexibility index (Phi) is 6.99. The minimum absolute atomic E-state index is 0.109. The van der Waals surface area contributed by atoms with Crippen LogP contribution in [0.3, 0.4) is 0 Å². The summed E-state index contributed by atoms with van der Waals surface area (Å²) in [6, 6.07) is 10.1. The van der Waals surface area contributed by atoms with E-state index in [-0.39, 0.29) is 31.1 Å². The Hall–Kier alpha value is -3.31. The lowest BCUT2D eigenvalue weighted by atomic mass is 9.67. The van der Waals surface area contributed by atoms with Crippen LogP contribution in [0.2, 0.25) is 0 Å². The van der Waals surface area contributed by atoms with Gasteiger partial charge in [-0.05, 0) is 77.8 Å². The summed E-state index contributed by atoms with van der Waals surface area (Å²) in [7, 11) is 0. The second-order valence-electron chi connectivity index (χ2n) is 8.89. The number of hydrogen-bond acceptors (Lipinski definition) is 5. The van der Waals surface area contributed by atoms with Gasteiger partial charge in [-0.25, -0.2) is 0 Å². The summed E-state index contributed by atoms with van der Waals surface area (Å²) in [5, 5.41) is 3.47. The first-order valence-corrected chi connectivity index (χ1v) is 11.7. The lowest BCUT2D eigenvalue weighted by Gasteiger charge is -2.38. The van der Waals surface area contributed by atoms with Crippen molar-refractivity contribution in [1.82, 2.24) is 0 Å². The third-order valence-corrected chi connectivity index (χ3v) is 6.64. The lowest BCUT2D eigenvalue weighted by Crippen LogP contribution is -2.25. The van der Waals surface area contributed by atoms with Crippen LogP contribution in [0, 0.1) is 5.92 Å². The fourth-order valence-corrected chi connectivity index (χ4v) is 5.03. The molecule has 0 spiro atoms. The van der Waals surface area contributed by atoms with Gasteiger partial charge in [0.2, 0.25) is 0 Å². The Morgan fingerprint density at radius 3 is 2.73 bits per heavy atom. The largest absolute Gasteiger partial charge is 0.422 e. The van der Waals surface area contributed by atoms with Gasteiger partial charge >= 0.3 is 11.9 Å². The Morgan fingerprint density at radius 1 is 1.12 bits per heavy atom. The highest BCUT2D eigenvalue weighted by atomic mass is 16.6. The van der Waals surface area contributed by atoms with Gasteiger partial charge in [0, 0.05) is 29.9 Å². The smallest absolute Gasteiger partial charge is 0.311 e. The first-order chi connectivity index (χ1) is 16.0. The Balaban J connectivity index is 1.77. The molecular formula is C26H29N3O4. The van der Waals surface area contributed by atoms with Crippen LogP contribution in [0.25, 0.3) is 21.6 Å². The van der Waals surface area contributed by atoms with E-state index < -0.39 is 5.97 Å². The summed E-state index contributed by atoms with van der Waals surface area (Å²) in [6.45, 7) is 4.44. The molecule has 0 aliphatic heterocycles. The molecule has 0 heterocycles. The molecule has 1 unspecified atom stereocenters. The number of carbonyl (C=O) groups is 2. The Morgan fingerprint density at radius 2 is 1.94 bits per heavy atom. The molecule has 2 aromatic carbocycles. The van der Waals surface area contributed by atoms with Gasteiger partial charge < -0.3 is 9.47 Å². The van der Waals surface area contributed by atoms with Crippen molar-refractivity contribution in [2.75, 3.05) is 6.54 Å². The molecular weight excluding hydrogens is 418 g/mol. The van der Waals surface area contributed by atoms with E-state index in [2.05, 4.69) is 35.1 Å². The molecule has 0 amide bonds. The minimum atomic E-state index is -0.440. The lowest BCUT2D eigenvalue weighted by molar-refractivity contribution is -0.137. The summed E-state index contributed by atoms with van der Waals surface area (Å²) in [4.78, 5) is 27.7. The number of fused-ring (bicyclic) bond motifs is 2. The summed E-state index contributed by atoms with van der Waals surface area (Å²) in [6.07, 6.45) is 4.53. The molecule has 0 aromatic heterocycles. The molecule has 2 aromatic rings. The second-order valence-corrected chi connectivity index (χ2v) is 8.89. The van der Waals surface area contributed by atoms with Crippen molar-refractivity contribution in [3.8, 4) is 22.6 Å². The van der Waals surface area contributed by atoms with Crippen molar-refractivity contribution in [2.45, 2.75) is 64.7 Å². The number of azide groups is 1. The van der Waals surface area contributed by atoms with Gasteiger partial charge in [0.05, 0.1) is 0 Å². The van der Waals surface area contributed by atoms with E-state index >= 15 is 0 Å². The van der Waals surface area contributed by atoms with Gasteiger partial charge in [0.25, 0.3) is 0 Å². The second kappa shape index (κ2) is 10.1. The molecule has 2 aliphatic carbocycles. The minimum Gasteiger partial charge on any atom is -0.422 e. The average molecular weight is 448 g/mol. The molecule has 0 bridgehead atoms. The topological polar surface area (TPSA) is 101 Å². The molecule has 4 rings (SSSR count). The first kappa shape index (κ1) is 22.9. The van der Waals surface area contributed by atoms with Gasteiger partial charge in [-0.3, -0.25) is 9.59 Å². The van der Waals surface area contributed by atoms with E-state index in [9.17, 15) is 9.59 Å². The molecule has 2 aliphatic rings. The Bertz CT molecular complexity index is 1120. The van der Waals surface area contributed by atoms with E-state index in [1.807, 2.05) is 13.0 Å². The van der Waals surface area contributed by atoms with Gasteiger partial charge in [0.1, 0.15) is 0 Å². The van der Waals surface area contributed by atoms with Gasteiger partial charge in [0.15, 0.2) is 11.5 Å². The van der Waals surface area contributed by atoms with Gasteiger partial charge in [-0.1, -0.05) is 43.2 Å². The molecule has 0 radical (unpaired) electrons. The van der Waals surface area contributed by atoms with Crippen LogP contribution in [-0.2, 0) is 22.4 Å². The highest BCUT2D eigenvalue weighted by molar-refractivity contribution is 5.87. The normalized spacial score (nSPS) is 17.9. The van der Waals surface area contributed by atoms with Crippen molar-refractivity contribution >= 4 is 11.9 Å². The van der Waals surface area contributed by atoms with Crippen LogP contribution in [0.15, 0.2) is 35.4 Å². The fraction of sp³-hybridized carbons (Fsp3) is 0.462. The molecule has 0 fully saturated rings. The number of aryl methyl sites for hydroxylation is 1. The highest BCUT2D eigenvalue weighted by Crippen LogP contribution is 2.53. The van der Waals surface area contributed by atoms with E-state index in [0.717, 1.165) is 36.0 Å². The third kappa shape index (κ3) is 4.74. The molecule has 0 N–H and O–H groups in total. The zero-order valence-corrected chi connectivity index (χ0v) is 19.2. The van der Waals surface area contributed by atoms with Crippen molar-refractivity contribution in [3.63, 3.8) is 0 Å². The molecule has 33 heavy (non-hydrogen) atoms. The number of esters is 2. The van der Waals surface area contributed by atoms with Crippen LogP contribution >= 0.6 is 0 Å². The van der Waals surface area contributed by atoms with Crippen molar-refractivity contribution < 1.29 is 19.1 Å². The van der Waals surface area contributed by atoms with E-state index in [4.69, 9.17) is 15.0 Å². The van der Waals surface area contributed by atoms with Crippen LogP contribution in [-0.4, -0.2) is 18.5 Å². The maximum absolute atomic E-state index is 12.7. The zero-order valence-electron chi connectivity index (χ0n) is 19.2. The summed E-state index contributed by atoms with van der Waals surface area (Å²) in [5.41, 5.74) is 14.1. The maximum atomic E-state index is 12.7. The van der Waals surface area contributed by atoms with Crippen molar-refractivity contribution in [2.24, 2.45) is 11.0 Å². The molecule has 2 atom stereocenters. The summed E-state index contributed by atoms with van der Waals surface area (Å²) < 4.78 is 11.5. The predicted molar refractivity (Wildman–Crippen MR) is 125 cm³/mol. The van der Waals surface area contributed by atoms with Crippen LogP contribution in [0.1, 0.15) is 68.6 Å². The predicted octanol–water partition coefficient (Wildman–Crippen LogP) is 6.28. The summed E-state index contributed by atoms with van der Waals surface area (Å²) in [5.74, 6) is 0.797. The number of rotatable bonds is 8. The fourth-order valence-electron chi connectivity index (χ4n) is 5.03. The molecule has 0 saturated heterocycles. The zero-order chi connectivity index (χ0) is 23.4. The Labute approximate surface area is 193 Å². The quantitative estimate of drug-likeness (QED) is 0.119. The number of carbonyl (C=O) groups excluding carboxylic acids is 2. The number of nitrogens with zero attached hydrogens (tertiary/aromatic N) is 3. The number of hydrogen-bond donors (Lipinski definition) is 0. The molecule has 7 nitrogen and oxygen atoms in total. The highest BCUT2D eigenvalue weighted by Gasteiger charge is 2.36.